The van der Waals surface area contributed by atoms with Gasteiger partial charge in [0.25, 0.3) is 0 Å². The van der Waals surface area contributed by atoms with Crippen LogP contribution in [0.2, 0.25) is 0 Å². The molecule has 128 valence electrons. The number of hydrogen-bond acceptors (Lipinski definition) is 6. The molecule has 3 rings (SSSR count). The van der Waals surface area contributed by atoms with Crippen LogP contribution in [0.25, 0.3) is 0 Å². The number of nitrogens with two attached hydrogens (primary N) is 1. The molecular weight excluding hydrogens is 326 g/mol. The van der Waals surface area contributed by atoms with Gasteiger partial charge < -0.3 is 10.2 Å². The van der Waals surface area contributed by atoms with Crippen LogP contribution in [0.3, 0.4) is 0 Å². The van der Waals surface area contributed by atoms with Crippen molar-refractivity contribution in [3.05, 3.63) is 41.2 Å². The summed E-state index contributed by atoms with van der Waals surface area (Å²) in [4.78, 5) is 11.2. The van der Waals surface area contributed by atoms with Crippen LogP contribution >= 0.6 is 0 Å². The van der Waals surface area contributed by atoms with Crippen molar-refractivity contribution in [2.24, 2.45) is 5.14 Å². The van der Waals surface area contributed by atoms with Crippen LogP contribution in [0.5, 0.6) is 0 Å². The number of anilines is 2. The van der Waals surface area contributed by atoms with Gasteiger partial charge in [0.1, 0.15) is 17.5 Å². The van der Waals surface area contributed by atoms with Gasteiger partial charge >= 0.3 is 0 Å². The molecule has 0 bridgehead atoms. The molecule has 24 heavy (non-hydrogen) atoms. The van der Waals surface area contributed by atoms with Gasteiger partial charge in [0.15, 0.2) is 0 Å². The fourth-order valence-corrected chi connectivity index (χ4v) is 3.46. The van der Waals surface area contributed by atoms with Gasteiger partial charge in [-0.15, -0.1) is 0 Å². The summed E-state index contributed by atoms with van der Waals surface area (Å²) in [6.45, 7) is 6.09. The zero-order valence-corrected chi connectivity index (χ0v) is 14.6. The summed E-state index contributed by atoms with van der Waals surface area (Å²) in [5, 5.41) is 8.44. The van der Waals surface area contributed by atoms with Gasteiger partial charge in [0.05, 0.1) is 4.90 Å². The highest BCUT2D eigenvalue weighted by Gasteiger charge is 2.20. The number of primary sulfonamides is 1. The summed E-state index contributed by atoms with van der Waals surface area (Å²) in [7, 11) is -3.69. The normalized spacial score (nSPS) is 14.4. The van der Waals surface area contributed by atoms with E-state index in [9.17, 15) is 8.42 Å². The number of rotatable bonds is 4. The number of nitrogens with one attached hydrogen (secondary N) is 1. The van der Waals surface area contributed by atoms with Gasteiger partial charge in [0.2, 0.25) is 10.0 Å². The Morgan fingerprint density at radius 3 is 2.75 bits per heavy atom. The number of benzene rings is 1. The van der Waals surface area contributed by atoms with Crippen LogP contribution in [-0.2, 0) is 23.0 Å². The highest BCUT2D eigenvalue weighted by Crippen LogP contribution is 2.26. The van der Waals surface area contributed by atoms with Crippen LogP contribution < -0.4 is 15.4 Å². The first-order valence-corrected chi connectivity index (χ1v) is 9.40. The second-order valence-corrected chi connectivity index (χ2v) is 7.40. The Morgan fingerprint density at radius 1 is 1.25 bits per heavy atom. The lowest BCUT2D eigenvalue weighted by molar-refractivity contribution is 0.597. The molecule has 0 spiro atoms. The fraction of sp³-hybridized carbons (Fsp3) is 0.375. The molecule has 0 amide bonds. The minimum Gasteiger partial charge on any atom is -0.370 e. The van der Waals surface area contributed by atoms with Gasteiger partial charge in [0, 0.05) is 25.7 Å². The van der Waals surface area contributed by atoms with Gasteiger partial charge in [-0.05, 0) is 43.5 Å². The van der Waals surface area contributed by atoms with Crippen molar-refractivity contribution < 1.29 is 8.42 Å². The Labute approximate surface area is 142 Å². The van der Waals surface area contributed by atoms with Crippen LogP contribution in [0.15, 0.2) is 29.2 Å². The molecule has 2 aromatic rings. The summed E-state index contributed by atoms with van der Waals surface area (Å²) in [5.41, 5.74) is 2.12. The quantitative estimate of drug-likeness (QED) is 0.867. The van der Waals surface area contributed by atoms with Gasteiger partial charge in [-0.25, -0.2) is 23.5 Å². The van der Waals surface area contributed by atoms with E-state index in [2.05, 4.69) is 20.2 Å². The maximum absolute atomic E-state index is 11.6. The SMILES string of the molecule is CCNc1cc(N2CCc3ccc(S(N)(=O)=O)cc3C2)nc(C)n1. The second-order valence-electron chi connectivity index (χ2n) is 5.84. The molecule has 1 aromatic heterocycles. The largest absolute Gasteiger partial charge is 0.370 e. The fourth-order valence-electron chi connectivity index (χ4n) is 2.89. The second kappa shape index (κ2) is 6.37. The molecule has 0 saturated heterocycles. The number of aromatic nitrogens is 2. The van der Waals surface area contributed by atoms with Crippen molar-refractivity contribution in [2.75, 3.05) is 23.3 Å². The van der Waals surface area contributed by atoms with E-state index in [1.165, 1.54) is 0 Å². The van der Waals surface area contributed by atoms with Crippen molar-refractivity contribution in [1.29, 1.82) is 0 Å². The number of sulfonamides is 1. The van der Waals surface area contributed by atoms with Crippen molar-refractivity contribution >= 4 is 21.7 Å². The molecule has 1 aliphatic heterocycles. The van der Waals surface area contributed by atoms with Gasteiger partial charge in [-0.2, -0.15) is 0 Å². The molecule has 0 fully saturated rings. The maximum atomic E-state index is 11.6. The van der Waals surface area contributed by atoms with Crippen molar-refractivity contribution in [2.45, 2.75) is 31.7 Å². The Balaban J connectivity index is 1.92. The van der Waals surface area contributed by atoms with E-state index in [0.29, 0.717) is 12.4 Å². The zero-order valence-electron chi connectivity index (χ0n) is 13.8. The third-order valence-electron chi connectivity index (χ3n) is 4.02. The van der Waals surface area contributed by atoms with Crippen LogP contribution in [0.1, 0.15) is 23.9 Å². The first-order valence-electron chi connectivity index (χ1n) is 7.86. The van der Waals surface area contributed by atoms with Gasteiger partial charge in [-0.1, -0.05) is 6.07 Å². The minimum atomic E-state index is -3.69. The summed E-state index contributed by atoms with van der Waals surface area (Å²) >= 11 is 0. The Morgan fingerprint density at radius 2 is 2.04 bits per heavy atom. The van der Waals surface area contributed by atoms with Crippen molar-refractivity contribution in [1.82, 2.24) is 9.97 Å². The minimum absolute atomic E-state index is 0.148. The van der Waals surface area contributed by atoms with E-state index in [-0.39, 0.29) is 4.90 Å². The average molecular weight is 347 g/mol. The Hall–Kier alpha value is -2.19. The highest BCUT2D eigenvalue weighted by atomic mass is 32.2. The summed E-state index contributed by atoms with van der Waals surface area (Å²) in [6.07, 6.45) is 0.833. The Bertz CT molecular complexity index is 867. The van der Waals surface area contributed by atoms with E-state index in [1.54, 1.807) is 12.1 Å². The molecule has 0 unspecified atom stereocenters. The molecule has 3 N–H and O–H groups in total. The summed E-state index contributed by atoms with van der Waals surface area (Å²) < 4.78 is 23.1. The first kappa shape index (κ1) is 16.7. The number of fused-ring (bicyclic) bond motifs is 1. The summed E-state index contributed by atoms with van der Waals surface area (Å²) in [6, 6.07) is 7.00. The standard InChI is InChI=1S/C16H21N5O2S/c1-3-18-15-9-16(20-11(2)19-15)21-7-6-12-4-5-14(24(17,22)23)8-13(12)10-21/h4-5,8-9H,3,6-7,10H2,1-2H3,(H2,17,22,23)(H,18,19,20). The molecule has 0 saturated carbocycles. The average Bonchev–Trinajstić information content (AvgIpc) is 2.52. The van der Waals surface area contributed by atoms with E-state index in [0.717, 1.165) is 42.3 Å². The molecule has 1 aromatic carbocycles. The van der Waals surface area contributed by atoms with E-state index in [1.807, 2.05) is 26.0 Å². The third kappa shape index (κ3) is 3.49. The van der Waals surface area contributed by atoms with Gasteiger partial charge in [-0.3, -0.25) is 0 Å². The zero-order chi connectivity index (χ0) is 17.3. The molecule has 0 aliphatic carbocycles. The predicted octanol–water partition coefficient (Wildman–Crippen LogP) is 1.43. The van der Waals surface area contributed by atoms with Crippen LogP contribution in [0.4, 0.5) is 11.6 Å². The predicted molar refractivity (Wildman–Crippen MR) is 93.5 cm³/mol. The maximum Gasteiger partial charge on any atom is 0.238 e. The monoisotopic (exact) mass is 347 g/mol. The van der Waals surface area contributed by atoms with Crippen molar-refractivity contribution in [3.63, 3.8) is 0 Å². The third-order valence-corrected chi connectivity index (χ3v) is 4.94. The molecule has 1 aliphatic rings. The molecular formula is C16H21N5O2S. The number of nitrogens with zero attached hydrogens (tertiary/aromatic N) is 3. The van der Waals surface area contributed by atoms with E-state index >= 15 is 0 Å². The number of aryl methyl sites for hydroxylation is 1. The van der Waals surface area contributed by atoms with E-state index in [4.69, 9.17) is 5.14 Å². The number of hydrogen-bond donors (Lipinski definition) is 2. The molecule has 0 radical (unpaired) electrons. The lowest BCUT2D eigenvalue weighted by Crippen LogP contribution is -2.31. The van der Waals surface area contributed by atoms with E-state index < -0.39 is 10.0 Å². The summed E-state index contributed by atoms with van der Waals surface area (Å²) in [5.74, 6) is 2.33. The topological polar surface area (TPSA) is 101 Å². The molecule has 7 nitrogen and oxygen atoms in total. The molecule has 2 heterocycles. The molecule has 0 atom stereocenters. The van der Waals surface area contributed by atoms with Crippen LogP contribution in [0, 0.1) is 6.92 Å². The smallest absolute Gasteiger partial charge is 0.238 e. The lowest BCUT2D eigenvalue weighted by atomic mass is 10.00. The molecule has 8 heteroatoms. The highest BCUT2D eigenvalue weighted by molar-refractivity contribution is 7.89. The Kier molecular flexibility index (Phi) is 4.42. The lowest BCUT2D eigenvalue weighted by Gasteiger charge is -2.30. The van der Waals surface area contributed by atoms with Crippen molar-refractivity contribution in [3.8, 4) is 0 Å². The van der Waals surface area contributed by atoms with Crippen LogP contribution in [-0.4, -0.2) is 31.5 Å². The first-order chi connectivity index (χ1) is 11.4.